The van der Waals surface area contributed by atoms with E-state index in [0.29, 0.717) is 6.42 Å². The van der Waals surface area contributed by atoms with Crippen molar-refractivity contribution < 1.29 is 9.53 Å². The van der Waals surface area contributed by atoms with E-state index < -0.39 is 0 Å². The smallest absolute Gasteiger partial charge is 0.174 e. The topological polar surface area (TPSA) is 26.3 Å². The van der Waals surface area contributed by atoms with Gasteiger partial charge >= 0.3 is 0 Å². The Labute approximate surface area is 120 Å². The van der Waals surface area contributed by atoms with Crippen molar-refractivity contribution >= 4 is 28.4 Å². The Hall–Kier alpha value is -1.36. The van der Waals surface area contributed by atoms with E-state index >= 15 is 0 Å². The Balaban J connectivity index is 1.85. The number of carbonyl (C=O) groups excluding carboxylic acids is 1. The molecule has 0 saturated carbocycles. The van der Waals surface area contributed by atoms with E-state index in [-0.39, 0.29) is 12.4 Å². The monoisotopic (exact) mass is 352 g/mol. The lowest BCUT2D eigenvalue weighted by Gasteiger charge is -2.05. The normalized spacial score (nSPS) is 10.1. The van der Waals surface area contributed by atoms with E-state index in [0.717, 1.165) is 14.9 Å². The predicted octanol–water partition coefficient (Wildman–Crippen LogP) is 3.48. The standard InChI is InChI=1S/C15H13IO2/c16-13-7-4-8-15(10-13)18-11-14(17)9-12-5-2-1-3-6-12/h1-8,10H,9,11H2. The average molecular weight is 352 g/mol. The molecule has 0 heterocycles. The minimum Gasteiger partial charge on any atom is -0.486 e. The summed E-state index contributed by atoms with van der Waals surface area (Å²) < 4.78 is 6.56. The molecule has 0 radical (unpaired) electrons. The first-order valence-electron chi connectivity index (χ1n) is 5.68. The maximum atomic E-state index is 11.7. The zero-order valence-electron chi connectivity index (χ0n) is 9.80. The summed E-state index contributed by atoms with van der Waals surface area (Å²) in [7, 11) is 0. The molecule has 0 unspecified atom stereocenters. The highest BCUT2D eigenvalue weighted by Gasteiger charge is 2.04. The van der Waals surface area contributed by atoms with Crippen molar-refractivity contribution in [2.75, 3.05) is 6.61 Å². The molecule has 0 fully saturated rings. The van der Waals surface area contributed by atoms with Gasteiger partial charge in [-0.25, -0.2) is 0 Å². The first-order chi connectivity index (χ1) is 8.74. The molecule has 0 amide bonds. The quantitative estimate of drug-likeness (QED) is 0.771. The molecule has 2 nitrogen and oxygen atoms in total. The summed E-state index contributed by atoms with van der Waals surface area (Å²) in [5.74, 6) is 0.823. The predicted molar refractivity (Wildman–Crippen MR) is 79.8 cm³/mol. The van der Waals surface area contributed by atoms with Crippen molar-refractivity contribution in [3.05, 3.63) is 63.7 Å². The Kier molecular flexibility index (Phi) is 4.75. The van der Waals surface area contributed by atoms with Crippen LogP contribution < -0.4 is 4.74 Å². The van der Waals surface area contributed by atoms with Crippen molar-refractivity contribution in [2.24, 2.45) is 0 Å². The highest BCUT2D eigenvalue weighted by Crippen LogP contribution is 2.14. The fraction of sp³-hybridized carbons (Fsp3) is 0.133. The maximum absolute atomic E-state index is 11.7. The van der Waals surface area contributed by atoms with Crippen molar-refractivity contribution in [3.63, 3.8) is 0 Å². The molecule has 0 N–H and O–H groups in total. The van der Waals surface area contributed by atoms with Crippen LogP contribution in [0.5, 0.6) is 5.75 Å². The van der Waals surface area contributed by atoms with E-state index in [1.807, 2.05) is 54.6 Å². The van der Waals surface area contributed by atoms with Crippen LogP contribution in [0.15, 0.2) is 54.6 Å². The van der Waals surface area contributed by atoms with Gasteiger partial charge in [-0.05, 0) is 46.4 Å². The van der Waals surface area contributed by atoms with Gasteiger partial charge in [-0.2, -0.15) is 0 Å². The van der Waals surface area contributed by atoms with E-state index in [1.54, 1.807) is 0 Å². The van der Waals surface area contributed by atoms with Crippen molar-refractivity contribution in [1.29, 1.82) is 0 Å². The van der Waals surface area contributed by atoms with Gasteiger partial charge in [-0.1, -0.05) is 36.4 Å². The molecule has 2 aromatic rings. The molecule has 0 bridgehead atoms. The molecular formula is C15H13IO2. The highest BCUT2D eigenvalue weighted by atomic mass is 127. The van der Waals surface area contributed by atoms with E-state index in [2.05, 4.69) is 22.6 Å². The van der Waals surface area contributed by atoms with Gasteiger partial charge in [-0.15, -0.1) is 0 Å². The van der Waals surface area contributed by atoms with Crippen LogP contribution in [0.3, 0.4) is 0 Å². The van der Waals surface area contributed by atoms with Crippen molar-refractivity contribution in [1.82, 2.24) is 0 Å². The fourth-order valence-electron chi connectivity index (χ4n) is 1.60. The van der Waals surface area contributed by atoms with Crippen LogP contribution in [0.4, 0.5) is 0 Å². The molecule has 2 aromatic carbocycles. The van der Waals surface area contributed by atoms with Crippen LogP contribution in [0.25, 0.3) is 0 Å². The minimum absolute atomic E-state index is 0.0834. The average Bonchev–Trinajstić information content (AvgIpc) is 2.38. The third kappa shape index (κ3) is 4.14. The second-order valence-corrected chi connectivity index (χ2v) is 5.19. The van der Waals surface area contributed by atoms with Crippen LogP contribution in [0, 0.1) is 3.57 Å². The molecule has 0 aliphatic heterocycles. The molecule has 2 rings (SSSR count). The van der Waals surface area contributed by atoms with E-state index in [4.69, 9.17) is 4.74 Å². The molecule has 0 spiro atoms. The van der Waals surface area contributed by atoms with Crippen LogP contribution in [0.1, 0.15) is 5.56 Å². The number of ether oxygens (including phenoxy) is 1. The molecule has 18 heavy (non-hydrogen) atoms. The number of ketones is 1. The van der Waals surface area contributed by atoms with Gasteiger partial charge in [0.15, 0.2) is 5.78 Å². The Bertz CT molecular complexity index is 523. The molecule has 0 aliphatic rings. The van der Waals surface area contributed by atoms with Gasteiger partial charge in [0.25, 0.3) is 0 Å². The first-order valence-corrected chi connectivity index (χ1v) is 6.76. The molecule has 3 heteroatoms. The van der Waals surface area contributed by atoms with Gasteiger partial charge in [0.05, 0.1) is 0 Å². The third-order valence-corrected chi connectivity index (χ3v) is 3.11. The summed E-state index contributed by atoms with van der Waals surface area (Å²) in [6, 6.07) is 17.4. The summed E-state index contributed by atoms with van der Waals surface area (Å²) in [6.07, 6.45) is 0.421. The molecule has 0 saturated heterocycles. The molecule has 0 aliphatic carbocycles. The lowest BCUT2D eigenvalue weighted by Crippen LogP contribution is -2.13. The number of Topliss-reactive ketones (excluding diaryl/α,β-unsaturated/α-hetero) is 1. The van der Waals surface area contributed by atoms with Crippen LogP contribution in [0.2, 0.25) is 0 Å². The lowest BCUT2D eigenvalue weighted by molar-refractivity contribution is -0.120. The van der Waals surface area contributed by atoms with Crippen LogP contribution >= 0.6 is 22.6 Å². The summed E-state index contributed by atoms with van der Waals surface area (Å²) in [5, 5.41) is 0. The summed E-state index contributed by atoms with van der Waals surface area (Å²) >= 11 is 2.22. The zero-order chi connectivity index (χ0) is 12.8. The first kappa shape index (κ1) is 13.1. The number of halogens is 1. The minimum atomic E-state index is 0.0834. The summed E-state index contributed by atoms with van der Waals surface area (Å²) in [6.45, 7) is 0.120. The lowest BCUT2D eigenvalue weighted by atomic mass is 10.1. The largest absolute Gasteiger partial charge is 0.486 e. The molecule has 0 atom stereocenters. The zero-order valence-corrected chi connectivity index (χ0v) is 12.0. The Morgan fingerprint density at radius 3 is 2.56 bits per heavy atom. The molecular weight excluding hydrogens is 339 g/mol. The second kappa shape index (κ2) is 6.54. The number of benzene rings is 2. The van der Waals surface area contributed by atoms with Crippen LogP contribution in [-0.2, 0) is 11.2 Å². The maximum Gasteiger partial charge on any atom is 0.174 e. The third-order valence-electron chi connectivity index (χ3n) is 2.44. The van der Waals surface area contributed by atoms with Gasteiger partial charge in [0.1, 0.15) is 12.4 Å². The number of rotatable bonds is 5. The number of carbonyl (C=O) groups is 1. The van der Waals surface area contributed by atoms with Crippen molar-refractivity contribution in [3.8, 4) is 5.75 Å². The Morgan fingerprint density at radius 1 is 1.06 bits per heavy atom. The highest BCUT2D eigenvalue weighted by molar-refractivity contribution is 14.1. The number of hydrogen-bond acceptors (Lipinski definition) is 2. The molecule has 92 valence electrons. The Morgan fingerprint density at radius 2 is 1.83 bits per heavy atom. The van der Waals surface area contributed by atoms with Crippen molar-refractivity contribution in [2.45, 2.75) is 6.42 Å². The van der Waals surface area contributed by atoms with Gasteiger partial charge in [0, 0.05) is 9.99 Å². The van der Waals surface area contributed by atoms with E-state index in [9.17, 15) is 4.79 Å². The van der Waals surface area contributed by atoms with Gasteiger partial charge in [0.2, 0.25) is 0 Å². The van der Waals surface area contributed by atoms with E-state index in [1.165, 1.54) is 0 Å². The summed E-state index contributed by atoms with van der Waals surface area (Å²) in [5.41, 5.74) is 1.02. The van der Waals surface area contributed by atoms with Gasteiger partial charge in [-0.3, -0.25) is 4.79 Å². The fourth-order valence-corrected chi connectivity index (χ4v) is 2.11. The van der Waals surface area contributed by atoms with Crippen LogP contribution in [-0.4, -0.2) is 12.4 Å². The van der Waals surface area contributed by atoms with Gasteiger partial charge < -0.3 is 4.74 Å². The number of hydrogen-bond donors (Lipinski definition) is 0. The summed E-state index contributed by atoms with van der Waals surface area (Å²) in [4.78, 5) is 11.7. The molecule has 0 aromatic heterocycles. The SMILES string of the molecule is O=C(COc1cccc(I)c1)Cc1ccccc1. The second-order valence-electron chi connectivity index (χ2n) is 3.95.